The number of fused-ring (bicyclic) bond motifs is 1. The van der Waals surface area contributed by atoms with Gasteiger partial charge in [0.1, 0.15) is 11.9 Å². The van der Waals surface area contributed by atoms with Crippen molar-refractivity contribution in [2.75, 3.05) is 33.3 Å². The number of nitrogens with two attached hydrogens (primary N) is 1. The van der Waals surface area contributed by atoms with E-state index >= 15 is 4.39 Å². The van der Waals surface area contributed by atoms with Gasteiger partial charge in [0.05, 0.1) is 25.4 Å². The minimum absolute atomic E-state index is 0.0364. The highest BCUT2D eigenvalue weighted by Crippen LogP contribution is 2.41. The molecule has 204 valence electrons. The summed E-state index contributed by atoms with van der Waals surface area (Å²) in [5.74, 6) is 3.43. The highest BCUT2D eigenvalue weighted by molar-refractivity contribution is 5.79. The van der Waals surface area contributed by atoms with Crippen LogP contribution in [0.25, 0.3) is 0 Å². The Balaban J connectivity index is 1.56. The van der Waals surface area contributed by atoms with Crippen LogP contribution in [-0.4, -0.2) is 60.2 Å². The van der Waals surface area contributed by atoms with E-state index in [1.54, 1.807) is 18.0 Å². The molecule has 1 heterocycles. The van der Waals surface area contributed by atoms with Gasteiger partial charge in [-0.05, 0) is 50.3 Å². The summed E-state index contributed by atoms with van der Waals surface area (Å²) >= 11 is 0. The first-order valence-corrected chi connectivity index (χ1v) is 13.4. The number of aliphatic imine (C=N–C) groups is 1. The lowest BCUT2D eigenvalue weighted by atomic mass is 9.98. The van der Waals surface area contributed by atoms with Crippen LogP contribution in [0.1, 0.15) is 26.7 Å². The number of rotatable bonds is 9. The standard InChI is InChI=1S/C32H38FN5O/c1-5-22(3)35-13-14-36-32(34)37(4)31(6-2)29-9-7-8-28(18-27(29)21-39)38-15-12-23-16-25(24-10-11-24)19-30(33)26(17-23)20-38/h2,5,7-9,12,15-17,19,23-24,31,35,39H,10-11,13-14,20-21H2,1,3-4H3,(H2,34,36)/b22-5-. The van der Waals surface area contributed by atoms with E-state index in [0.29, 0.717) is 53.9 Å². The maximum absolute atomic E-state index is 15.2. The maximum Gasteiger partial charge on any atom is 0.192 e. The summed E-state index contributed by atoms with van der Waals surface area (Å²) < 4.78 is 15.2. The molecule has 4 aliphatic rings. The van der Waals surface area contributed by atoms with Gasteiger partial charge in [-0.2, -0.15) is 0 Å². The molecule has 1 saturated carbocycles. The van der Waals surface area contributed by atoms with E-state index in [1.807, 2.05) is 55.3 Å². The number of halogens is 1. The van der Waals surface area contributed by atoms with Gasteiger partial charge in [-0.3, -0.25) is 4.99 Å². The monoisotopic (exact) mass is 527 g/mol. The van der Waals surface area contributed by atoms with E-state index in [2.05, 4.69) is 34.1 Å². The quantitative estimate of drug-likeness (QED) is 0.138. The molecule has 6 nitrogen and oxygen atoms in total. The van der Waals surface area contributed by atoms with E-state index in [4.69, 9.17) is 12.2 Å². The molecule has 39 heavy (non-hydrogen) atoms. The van der Waals surface area contributed by atoms with Gasteiger partial charge in [0.2, 0.25) is 0 Å². The fraction of sp³-hybridized carbons (Fsp3) is 0.375. The number of hydrogen-bond acceptors (Lipinski definition) is 4. The van der Waals surface area contributed by atoms with Crippen molar-refractivity contribution in [2.45, 2.75) is 32.7 Å². The normalized spacial score (nSPS) is 22.2. The lowest BCUT2D eigenvalue weighted by molar-refractivity contribution is 0.329. The summed E-state index contributed by atoms with van der Waals surface area (Å²) in [5.41, 5.74) is 14.4. The van der Waals surface area contributed by atoms with Crippen LogP contribution < -0.4 is 11.1 Å². The van der Waals surface area contributed by atoms with Gasteiger partial charge in [-0.1, -0.05) is 48.1 Å². The highest BCUT2D eigenvalue weighted by Gasteiger charge is 2.29. The average molecular weight is 528 g/mol. The molecule has 4 rings (SSSR count). The predicted molar refractivity (Wildman–Crippen MR) is 157 cm³/mol. The van der Waals surface area contributed by atoms with Gasteiger partial charge >= 0.3 is 0 Å². The largest absolute Gasteiger partial charge is 0.391 e. The molecule has 7 heteroatoms. The fourth-order valence-electron chi connectivity index (χ4n) is 4.73. The number of nitrogens with one attached hydrogen (secondary N) is 1. The zero-order chi connectivity index (χ0) is 27.9. The number of aliphatic hydroxyl groups is 1. The molecular weight excluding hydrogens is 489 g/mol. The third kappa shape index (κ3) is 6.92. The van der Waals surface area contributed by atoms with Crippen LogP contribution in [0.15, 0.2) is 105 Å². The van der Waals surface area contributed by atoms with E-state index in [-0.39, 0.29) is 18.4 Å². The lowest BCUT2D eigenvalue weighted by Gasteiger charge is -2.27. The molecule has 0 radical (unpaired) electrons. The second-order valence-electron chi connectivity index (χ2n) is 10.1. The Kier molecular flexibility index (Phi) is 9.14. The van der Waals surface area contributed by atoms with E-state index in [0.717, 1.165) is 24.1 Å². The van der Waals surface area contributed by atoms with E-state index in [9.17, 15) is 5.11 Å². The first-order chi connectivity index (χ1) is 18.8. The number of likely N-dealkylation sites (N-methyl/N-ethyl adjacent to an activating group) is 1. The second-order valence-corrected chi connectivity index (χ2v) is 10.1. The van der Waals surface area contributed by atoms with Crippen molar-refractivity contribution in [1.29, 1.82) is 0 Å². The number of allylic oxidation sites excluding steroid dienone is 9. The van der Waals surface area contributed by atoms with Crippen LogP contribution in [-0.2, 0) is 0 Å². The third-order valence-corrected chi connectivity index (χ3v) is 7.30. The van der Waals surface area contributed by atoms with E-state index < -0.39 is 6.04 Å². The van der Waals surface area contributed by atoms with Crippen LogP contribution in [0.3, 0.4) is 0 Å². The van der Waals surface area contributed by atoms with Gasteiger partial charge in [0, 0.05) is 48.1 Å². The molecule has 0 aromatic rings. The Hall–Kier alpha value is -3.98. The zero-order valence-electron chi connectivity index (χ0n) is 23.0. The summed E-state index contributed by atoms with van der Waals surface area (Å²) in [5, 5.41) is 13.6. The Morgan fingerprint density at radius 2 is 2.23 bits per heavy atom. The topological polar surface area (TPSA) is 77.1 Å². The number of guanidine groups is 1. The van der Waals surface area contributed by atoms with Crippen molar-refractivity contribution in [3.8, 4) is 12.3 Å². The first-order valence-electron chi connectivity index (χ1n) is 13.4. The van der Waals surface area contributed by atoms with Crippen molar-refractivity contribution in [3.05, 3.63) is 100 Å². The third-order valence-electron chi connectivity index (χ3n) is 7.30. The number of aliphatic hydroxyl groups excluding tert-OH is 1. The Labute approximate surface area is 231 Å². The smallest absolute Gasteiger partial charge is 0.192 e. The van der Waals surface area contributed by atoms with Crippen LogP contribution in [0, 0.1) is 24.2 Å². The Bertz CT molecular complexity index is 1320. The molecule has 2 unspecified atom stereocenters. The molecule has 0 aromatic heterocycles. The molecule has 2 atom stereocenters. The highest BCUT2D eigenvalue weighted by atomic mass is 19.1. The van der Waals surface area contributed by atoms with Gasteiger partial charge in [-0.25, -0.2) is 4.39 Å². The van der Waals surface area contributed by atoms with Gasteiger partial charge in [0.25, 0.3) is 0 Å². The Morgan fingerprint density at radius 1 is 1.44 bits per heavy atom. The lowest BCUT2D eigenvalue weighted by Crippen LogP contribution is -2.43. The summed E-state index contributed by atoms with van der Waals surface area (Å²) in [6.07, 6.45) is 25.7. The molecule has 0 aromatic carbocycles. The van der Waals surface area contributed by atoms with Crippen molar-refractivity contribution >= 4 is 5.96 Å². The van der Waals surface area contributed by atoms with Crippen molar-refractivity contribution in [2.24, 2.45) is 22.6 Å². The molecule has 0 spiro atoms. The molecule has 4 N–H and O–H groups in total. The summed E-state index contributed by atoms with van der Waals surface area (Å²) in [6, 6.07) is -0.561. The van der Waals surface area contributed by atoms with Crippen molar-refractivity contribution < 1.29 is 9.50 Å². The van der Waals surface area contributed by atoms with Crippen molar-refractivity contribution in [3.63, 3.8) is 0 Å². The average Bonchev–Trinajstić information content (AvgIpc) is 3.80. The molecule has 1 fully saturated rings. The first kappa shape index (κ1) is 28.0. The van der Waals surface area contributed by atoms with Gasteiger partial charge < -0.3 is 26.0 Å². The van der Waals surface area contributed by atoms with Crippen LogP contribution in [0.2, 0.25) is 0 Å². The Morgan fingerprint density at radius 3 is 2.92 bits per heavy atom. The van der Waals surface area contributed by atoms with Gasteiger partial charge in [-0.15, -0.1) is 6.42 Å². The minimum atomic E-state index is -0.561. The van der Waals surface area contributed by atoms with Crippen molar-refractivity contribution in [1.82, 2.24) is 15.1 Å². The molecule has 1 aliphatic heterocycles. The number of hydrogen-bond donors (Lipinski definition) is 3. The van der Waals surface area contributed by atoms with E-state index in [1.165, 1.54) is 0 Å². The minimum Gasteiger partial charge on any atom is -0.391 e. The summed E-state index contributed by atoms with van der Waals surface area (Å²) in [4.78, 5) is 8.12. The maximum atomic E-state index is 15.2. The van der Waals surface area contributed by atoms with Crippen LogP contribution in [0.4, 0.5) is 4.39 Å². The molecule has 0 amide bonds. The SMILES string of the molecule is C#CC(C1=CC=CC(N2C=CC3C=C(C2)C(F)=CC(C2CC2)=C3)=C=C1CO)N(C)C(N)=NCCN/C(C)=C\C. The number of terminal acetylenes is 1. The molecule has 0 saturated heterocycles. The molecular formula is C32H38FN5O. The molecule has 2 bridgehead atoms. The van der Waals surface area contributed by atoms with Gasteiger partial charge in [0.15, 0.2) is 5.96 Å². The summed E-state index contributed by atoms with van der Waals surface area (Å²) in [7, 11) is 1.79. The summed E-state index contributed by atoms with van der Waals surface area (Å²) in [6.45, 7) is 5.20. The predicted octanol–water partition coefficient (Wildman–Crippen LogP) is 4.22. The fourth-order valence-corrected chi connectivity index (χ4v) is 4.73. The molecule has 3 aliphatic carbocycles. The second kappa shape index (κ2) is 12.7. The van der Waals surface area contributed by atoms with Crippen LogP contribution >= 0.6 is 0 Å². The zero-order valence-corrected chi connectivity index (χ0v) is 23.0. The number of nitrogens with zero attached hydrogens (tertiary/aromatic N) is 3. The van der Waals surface area contributed by atoms with Crippen LogP contribution in [0.5, 0.6) is 0 Å².